The van der Waals surface area contributed by atoms with Crippen LogP contribution in [0.15, 0.2) is 73.1 Å². The summed E-state index contributed by atoms with van der Waals surface area (Å²) >= 11 is 0. The Balaban J connectivity index is 0.00000225. The van der Waals surface area contributed by atoms with Crippen LogP contribution in [0.5, 0.6) is 5.75 Å². The van der Waals surface area contributed by atoms with Crippen LogP contribution in [-0.2, 0) is 6.54 Å². The first-order chi connectivity index (χ1) is 13.3. The summed E-state index contributed by atoms with van der Waals surface area (Å²) < 4.78 is 5.74. The third-order valence-electron chi connectivity index (χ3n) is 5.21. The van der Waals surface area contributed by atoms with Gasteiger partial charge in [-0.05, 0) is 34.9 Å². The van der Waals surface area contributed by atoms with Crippen molar-refractivity contribution in [1.82, 2.24) is 15.2 Å². The lowest BCUT2D eigenvalue weighted by molar-refractivity contribution is 0.152. The first-order valence-corrected chi connectivity index (χ1v) is 9.42. The normalized spacial score (nSPS) is 17.0. The van der Waals surface area contributed by atoms with E-state index in [0.29, 0.717) is 6.04 Å². The molecule has 0 saturated carbocycles. The summed E-state index contributed by atoms with van der Waals surface area (Å²) in [5.74, 6) is 0.948. The molecule has 28 heavy (non-hydrogen) atoms. The van der Waals surface area contributed by atoms with Crippen LogP contribution in [0.1, 0.15) is 17.2 Å². The first kappa shape index (κ1) is 20.3. The number of halogens is 1. The summed E-state index contributed by atoms with van der Waals surface area (Å²) in [4.78, 5) is 6.68. The van der Waals surface area contributed by atoms with E-state index in [9.17, 15) is 0 Å². The average Bonchev–Trinajstić information content (AvgIpc) is 2.75. The van der Waals surface area contributed by atoms with Gasteiger partial charge < -0.3 is 10.1 Å². The van der Waals surface area contributed by atoms with Crippen LogP contribution >= 0.6 is 12.4 Å². The van der Waals surface area contributed by atoms with Crippen molar-refractivity contribution in [2.45, 2.75) is 12.6 Å². The van der Waals surface area contributed by atoms with Crippen LogP contribution in [0, 0.1) is 0 Å². The molecule has 0 radical (unpaired) electrons. The maximum absolute atomic E-state index is 5.74. The largest absolute Gasteiger partial charge is 0.496 e. The summed E-state index contributed by atoms with van der Waals surface area (Å²) in [6.45, 7) is 3.84. The van der Waals surface area contributed by atoms with Crippen molar-refractivity contribution in [2.24, 2.45) is 0 Å². The number of piperazine rings is 1. The van der Waals surface area contributed by atoms with E-state index in [0.717, 1.165) is 31.9 Å². The Bertz CT molecular complexity index is 874. The monoisotopic (exact) mass is 395 g/mol. The number of rotatable bonds is 5. The maximum atomic E-state index is 5.74. The van der Waals surface area contributed by atoms with Gasteiger partial charge in [0, 0.05) is 50.2 Å². The van der Waals surface area contributed by atoms with Crippen molar-refractivity contribution in [3.8, 4) is 16.9 Å². The number of hydrogen-bond acceptors (Lipinski definition) is 4. The van der Waals surface area contributed by atoms with Crippen LogP contribution in [0.3, 0.4) is 0 Å². The number of ether oxygens (including phenoxy) is 1. The fourth-order valence-corrected chi connectivity index (χ4v) is 3.75. The SMILES string of the molecule is COc1cc(-c2ccccc2)ccc1CN1CCNCC1c1ccncc1.Cl. The third-order valence-corrected chi connectivity index (χ3v) is 5.21. The quantitative estimate of drug-likeness (QED) is 0.697. The van der Waals surface area contributed by atoms with Crippen molar-refractivity contribution in [3.63, 3.8) is 0 Å². The Morgan fingerprint density at radius 1 is 1.04 bits per heavy atom. The van der Waals surface area contributed by atoms with Crippen molar-refractivity contribution < 1.29 is 4.74 Å². The Labute approximate surface area is 173 Å². The van der Waals surface area contributed by atoms with Crippen molar-refractivity contribution in [1.29, 1.82) is 0 Å². The summed E-state index contributed by atoms with van der Waals surface area (Å²) in [5.41, 5.74) is 4.91. The molecule has 0 amide bonds. The number of benzene rings is 2. The van der Waals surface area contributed by atoms with Gasteiger partial charge in [0.1, 0.15) is 5.75 Å². The number of hydrogen-bond donors (Lipinski definition) is 1. The number of aromatic nitrogens is 1. The number of pyridine rings is 1. The molecule has 2 aromatic carbocycles. The Morgan fingerprint density at radius 3 is 2.57 bits per heavy atom. The molecule has 0 spiro atoms. The molecule has 0 bridgehead atoms. The van der Waals surface area contributed by atoms with Gasteiger partial charge in [-0.2, -0.15) is 0 Å². The molecule has 5 heteroatoms. The lowest BCUT2D eigenvalue weighted by atomic mass is 10.0. The molecular formula is C23H26ClN3O. The summed E-state index contributed by atoms with van der Waals surface area (Å²) in [6, 6.07) is 21.5. The molecule has 1 N–H and O–H groups in total. The molecule has 4 rings (SSSR count). The molecule has 2 heterocycles. The number of nitrogens with zero attached hydrogens (tertiary/aromatic N) is 2. The predicted molar refractivity (Wildman–Crippen MR) is 116 cm³/mol. The summed E-state index contributed by atoms with van der Waals surface area (Å²) in [7, 11) is 1.76. The minimum absolute atomic E-state index is 0. The Kier molecular flexibility index (Phi) is 7.04. The molecule has 1 saturated heterocycles. The van der Waals surface area contributed by atoms with E-state index in [2.05, 4.69) is 69.8 Å². The van der Waals surface area contributed by atoms with Gasteiger partial charge in [0.15, 0.2) is 0 Å². The fourth-order valence-electron chi connectivity index (χ4n) is 3.75. The lowest BCUT2D eigenvalue weighted by Gasteiger charge is -2.36. The van der Waals surface area contributed by atoms with E-state index in [1.165, 1.54) is 22.3 Å². The zero-order chi connectivity index (χ0) is 18.5. The molecule has 1 fully saturated rings. The highest BCUT2D eigenvalue weighted by molar-refractivity contribution is 5.85. The first-order valence-electron chi connectivity index (χ1n) is 9.42. The van der Waals surface area contributed by atoms with Gasteiger partial charge in [0.05, 0.1) is 7.11 Å². The standard InChI is InChI=1S/C23H25N3O.ClH/c1-27-23-15-20(18-5-3-2-4-6-18)7-8-21(23)17-26-14-13-25-16-22(26)19-9-11-24-12-10-19;/h2-12,15,22,25H,13-14,16-17H2,1H3;1H. The van der Waals surface area contributed by atoms with E-state index in [4.69, 9.17) is 4.74 Å². The van der Waals surface area contributed by atoms with E-state index in [1.54, 1.807) is 7.11 Å². The summed E-state index contributed by atoms with van der Waals surface area (Å²) in [5, 5.41) is 3.51. The second kappa shape index (κ2) is 9.69. The second-order valence-corrected chi connectivity index (χ2v) is 6.86. The molecule has 1 aliphatic heterocycles. The zero-order valence-electron chi connectivity index (χ0n) is 16.0. The minimum Gasteiger partial charge on any atom is -0.496 e. The zero-order valence-corrected chi connectivity index (χ0v) is 16.9. The highest BCUT2D eigenvalue weighted by Gasteiger charge is 2.24. The minimum atomic E-state index is 0. The van der Waals surface area contributed by atoms with Crippen LogP contribution in [-0.4, -0.2) is 36.6 Å². The van der Waals surface area contributed by atoms with Gasteiger partial charge >= 0.3 is 0 Å². The highest BCUT2D eigenvalue weighted by atomic mass is 35.5. The van der Waals surface area contributed by atoms with Crippen LogP contribution in [0.25, 0.3) is 11.1 Å². The molecule has 1 aliphatic rings. The van der Waals surface area contributed by atoms with Crippen LogP contribution in [0.4, 0.5) is 0 Å². The Hall–Kier alpha value is -2.40. The average molecular weight is 396 g/mol. The van der Waals surface area contributed by atoms with Gasteiger partial charge in [-0.3, -0.25) is 9.88 Å². The van der Waals surface area contributed by atoms with Crippen molar-refractivity contribution >= 4 is 12.4 Å². The van der Waals surface area contributed by atoms with Gasteiger partial charge in [-0.1, -0.05) is 42.5 Å². The smallest absolute Gasteiger partial charge is 0.123 e. The fraction of sp³-hybridized carbons (Fsp3) is 0.261. The van der Waals surface area contributed by atoms with Gasteiger partial charge in [-0.15, -0.1) is 12.4 Å². The molecule has 0 aliphatic carbocycles. The van der Waals surface area contributed by atoms with Crippen LogP contribution < -0.4 is 10.1 Å². The molecule has 1 unspecified atom stereocenters. The van der Waals surface area contributed by atoms with E-state index < -0.39 is 0 Å². The molecule has 146 valence electrons. The summed E-state index contributed by atoms with van der Waals surface area (Å²) in [6.07, 6.45) is 3.74. The highest BCUT2D eigenvalue weighted by Crippen LogP contribution is 2.30. The maximum Gasteiger partial charge on any atom is 0.123 e. The van der Waals surface area contributed by atoms with Gasteiger partial charge in [-0.25, -0.2) is 0 Å². The van der Waals surface area contributed by atoms with Crippen LogP contribution in [0.2, 0.25) is 0 Å². The number of nitrogens with one attached hydrogen (secondary N) is 1. The molecule has 1 aromatic heterocycles. The van der Waals surface area contributed by atoms with Gasteiger partial charge in [0.25, 0.3) is 0 Å². The molecule has 3 aromatic rings. The van der Waals surface area contributed by atoms with E-state index >= 15 is 0 Å². The van der Waals surface area contributed by atoms with E-state index in [-0.39, 0.29) is 12.4 Å². The van der Waals surface area contributed by atoms with Crippen molar-refractivity contribution in [2.75, 3.05) is 26.7 Å². The van der Waals surface area contributed by atoms with Crippen molar-refractivity contribution in [3.05, 3.63) is 84.2 Å². The third kappa shape index (κ3) is 4.53. The topological polar surface area (TPSA) is 37.4 Å². The molecular weight excluding hydrogens is 370 g/mol. The Morgan fingerprint density at radius 2 is 1.82 bits per heavy atom. The number of methoxy groups -OCH3 is 1. The molecule has 1 atom stereocenters. The lowest BCUT2D eigenvalue weighted by Crippen LogP contribution is -2.45. The van der Waals surface area contributed by atoms with Gasteiger partial charge in [0.2, 0.25) is 0 Å². The predicted octanol–water partition coefficient (Wildman–Crippen LogP) is 4.33. The van der Waals surface area contributed by atoms with E-state index in [1.807, 2.05) is 18.5 Å². The second-order valence-electron chi connectivity index (χ2n) is 6.86. The molecule has 4 nitrogen and oxygen atoms in total.